The molecule has 1 aromatic heterocycles. The molecule has 1 amide bonds. The third kappa shape index (κ3) is 5.01. The second-order valence-corrected chi connectivity index (χ2v) is 6.81. The number of nitrogens with zero attached hydrogens (tertiary/aromatic N) is 3. The Kier molecular flexibility index (Phi) is 6.68. The molecule has 0 saturated heterocycles. The molecule has 1 aliphatic carbocycles. The molecular weight excluding hydrogens is 334 g/mol. The zero-order valence-corrected chi connectivity index (χ0v) is 16.0. The molecule has 0 aliphatic heterocycles. The Hall–Kier alpha value is -2.48. The Balaban J connectivity index is 2.12. The average molecular weight is 363 g/mol. The van der Waals surface area contributed by atoms with Gasteiger partial charge in [0.25, 0.3) is 0 Å². The molecule has 0 unspecified atom stereocenters. The van der Waals surface area contributed by atoms with E-state index >= 15 is 0 Å². The minimum absolute atomic E-state index is 0.0451. The van der Waals surface area contributed by atoms with Crippen molar-refractivity contribution in [1.29, 1.82) is 0 Å². The van der Waals surface area contributed by atoms with Crippen LogP contribution in [0.1, 0.15) is 30.7 Å². The van der Waals surface area contributed by atoms with Crippen LogP contribution in [0, 0.1) is 12.8 Å². The maximum Gasteiger partial charge on any atom is 0.409 e. The van der Waals surface area contributed by atoms with Gasteiger partial charge in [0.1, 0.15) is 12.4 Å². The van der Waals surface area contributed by atoms with Gasteiger partial charge in [-0.15, -0.1) is 0 Å². The molecule has 0 bridgehead atoms. The quantitative estimate of drug-likeness (QED) is 0.561. The smallest absolute Gasteiger partial charge is 0.409 e. The van der Waals surface area contributed by atoms with E-state index in [1.165, 1.54) is 29.2 Å². The molecule has 144 valence electrons. The highest BCUT2D eigenvalue weighted by Crippen LogP contribution is 2.28. The van der Waals surface area contributed by atoms with Gasteiger partial charge in [-0.3, -0.25) is 0 Å². The Morgan fingerprint density at radius 3 is 2.50 bits per heavy atom. The van der Waals surface area contributed by atoms with E-state index in [1.54, 1.807) is 27.2 Å². The number of hydrogen-bond donors (Lipinski definition) is 2. The molecule has 0 atom stereocenters. The highest BCUT2D eigenvalue weighted by molar-refractivity contribution is 5.68. The van der Waals surface area contributed by atoms with Crippen LogP contribution in [-0.4, -0.2) is 55.3 Å². The van der Waals surface area contributed by atoms with E-state index in [4.69, 9.17) is 21.1 Å². The van der Waals surface area contributed by atoms with Crippen LogP contribution in [0.15, 0.2) is 17.8 Å². The molecule has 8 nitrogen and oxygen atoms in total. The lowest BCUT2D eigenvalue weighted by Gasteiger charge is -2.25. The van der Waals surface area contributed by atoms with Crippen LogP contribution < -0.4 is 16.3 Å². The third-order valence-electron chi connectivity index (χ3n) is 4.45. The molecule has 1 saturated carbocycles. The summed E-state index contributed by atoms with van der Waals surface area (Å²) in [6, 6.07) is 3.65. The number of nitrogens with two attached hydrogens (primary N) is 2. The number of aromatic nitrogens is 1. The van der Waals surface area contributed by atoms with E-state index in [2.05, 4.69) is 4.98 Å². The molecule has 4 N–H and O–H groups in total. The molecule has 1 aromatic rings. The van der Waals surface area contributed by atoms with Gasteiger partial charge < -0.3 is 25.1 Å². The zero-order valence-electron chi connectivity index (χ0n) is 16.0. The zero-order chi connectivity index (χ0) is 19.3. The number of carbonyl (C=O) groups is 1. The Labute approximate surface area is 154 Å². The standard InChI is InChI=1S/C18H29N5O3/c1-12-16(25-10-13-6-5-7-13)9-8-14(21-12)17(19)15(23(4)20)11-26-18(24)22(2)3/h8-9,13H,5-7,10-11,19-20H2,1-4H3/b17-15-. The van der Waals surface area contributed by atoms with Gasteiger partial charge in [-0.05, 0) is 37.8 Å². The van der Waals surface area contributed by atoms with Crippen LogP contribution in [0.25, 0.3) is 5.70 Å². The Morgan fingerprint density at radius 1 is 1.31 bits per heavy atom. The van der Waals surface area contributed by atoms with Gasteiger partial charge in [-0.1, -0.05) is 6.42 Å². The van der Waals surface area contributed by atoms with Crippen molar-refractivity contribution in [3.63, 3.8) is 0 Å². The normalized spacial score (nSPS) is 15.0. The van der Waals surface area contributed by atoms with E-state index in [9.17, 15) is 4.79 Å². The van der Waals surface area contributed by atoms with Crippen LogP contribution in [0.5, 0.6) is 5.75 Å². The summed E-state index contributed by atoms with van der Waals surface area (Å²) in [7, 11) is 4.84. The number of aryl methyl sites for hydroxylation is 1. The van der Waals surface area contributed by atoms with Crippen molar-refractivity contribution in [2.45, 2.75) is 26.2 Å². The predicted molar refractivity (Wildman–Crippen MR) is 99.9 cm³/mol. The first-order valence-electron chi connectivity index (χ1n) is 8.71. The largest absolute Gasteiger partial charge is 0.491 e. The van der Waals surface area contributed by atoms with E-state index in [-0.39, 0.29) is 6.61 Å². The maximum atomic E-state index is 11.6. The number of rotatable bonds is 7. The van der Waals surface area contributed by atoms with E-state index in [0.717, 1.165) is 18.1 Å². The van der Waals surface area contributed by atoms with Crippen molar-refractivity contribution in [3.8, 4) is 5.75 Å². The fourth-order valence-electron chi connectivity index (χ4n) is 2.49. The highest BCUT2D eigenvalue weighted by Gasteiger charge is 2.19. The van der Waals surface area contributed by atoms with Gasteiger partial charge in [-0.2, -0.15) is 0 Å². The predicted octanol–water partition coefficient (Wildman–Crippen LogP) is 1.70. The van der Waals surface area contributed by atoms with Crippen LogP contribution in [0.3, 0.4) is 0 Å². The average Bonchev–Trinajstić information content (AvgIpc) is 2.54. The molecular formula is C18H29N5O3. The monoisotopic (exact) mass is 363 g/mol. The van der Waals surface area contributed by atoms with Crippen molar-refractivity contribution in [3.05, 3.63) is 29.2 Å². The number of pyridine rings is 1. The van der Waals surface area contributed by atoms with Crippen molar-refractivity contribution in [2.75, 3.05) is 34.4 Å². The summed E-state index contributed by atoms with van der Waals surface area (Å²) >= 11 is 0. The lowest BCUT2D eigenvalue weighted by Crippen LogP contribution is -2.33. The van der Waals surface area contributed by atoms with Gasteiger partial charge in [0.15, 0.2) is 0 Å². The number of hydrazine groups is 1. The SMILES string of the molecule is Cc1nc(/C(N)=C(\COC(=O)N(C)C)N(C)N)ccc1OCC1CCC1. The molecule has 0 radical (unpaired) electrons. The third-order valence-corrected chi connectivity index (χ3v) is 4.45. The van der Waals surface area contributed by atoms with E-state index in [0.29, 0.717) is 23.0 Å². The summed E-state index contributed by atoms with van der Waals surface area (Å²) in [4.78, 5) is 17.5. The molecule has 2 rings (SSSR count). The fourth-order valence-corrected chi connectivity index (χ4v) is 2.49. The number of amides is 1. The van der Waals surface area contributed by atoms with Crippen LogP contribution in [-0.2, 0) is 4.74 Å². The fraction of sp³-hybridized carbons (Fsp3) is 0.556. The van der Waals surface area contributed by atoms with Crippen molar-refractivity contribution in [1.82, 2.24) is 14.9 Å². The molecule has 0 aromatic carbocycles. The first-order chi connectivity index (χ1) is 12.3. The summed E-state index contributed by atoms with van der Waals surface area (Å²) < 4.78 is 11.0. The summed E-state index contributed by atoms with van der Waals surface area (Å²) in [5.41, 5.74) is 8.37. The van der Waals surface area contributed by atoms with Crippen LogP contribution in [0.4, 0.5) is 4.79 Å². The van der Waals surface area contributed by atoms with Crippen molar-refractivity contribution < 1.29 is 14.3 Å². The lowest BCUT2D eigenvalue weighted by molar-refractivity contribution is 0.120. The molecule has 1 heterocycles. The molecule has 1 aliphatic rings. The van der Waals surface area contributed by atoms with Crippen molar-refractivity contribution in [2.24, 2.45) is 17.5 Å². The van der Waals surface area contributed by atoms with E-state index < -0.39 is 6.09 Å². The van der Waals surface area contributed by atoms with Gasteiger partial charge in [0.05, 0.1) is 29.4 Å². The number of ether oxygens (including phenoxy) is 2. The second-order valence-electron chi connectivity index (χ2n) is 6.81. The van der Waals surface area contributed by atoms with Gasteiger partial charge in [-0.25, -0.2) is 15.6 Å². The summed E-state index contributed by atoms with van der Waals surface area (Å²) in [6.45, 7) is 2.56. The van der Waals surface area contributed by atoms with Gasteiger partial charge in [0.2, 0.25) is 0 Å². The summed E-state index contributed by atoms with van der Waals surface area (Å²) in [5, 5.41) is 1.33. The number of hydrogen-bond acceptors (Lipinski definition) is 7. The Morgan fingerprint density at radius 2 is 2.00 bits per heavy atom. The van der Waals surface area contributed by atoms with Gasteiger partial charge >= 0.3 is 6.09 Å². The summed E-state index contributed by atoms with van der Waals surface area (Å²) in [6.07, 6.45) is 3.29. The van der Waals surface area contributed by atoms with E-state index in [1.807, 2.05) is 13.0 Å². The summed E-state index contributed by atoms with van der Waals surface area (Å²) in [5.74, 6) is 7.26. The van der Waals surface area contributed by atoms with Crippen molar-refractivity contribution >= 4 is 11.8 Å². The molecule has 8 heteroatoms. The minimum Gasteiger partial charge on any atom is -0.491 e. The number of carbonyl (C=O) groups excluding carboxylic acids is 1. The first-order valence-corrected chi connectivity index (χ1v) is 8.71. The van der Waals surface area contributed by atoms with Crippen LogP contribution in [0.2, 0.25) is 0 Å². The maximum absolute atomic E-state index is 11.6. The topological polar surface area (TPSA) is 107 Å². The Bertz CT molecular complexity index is 669. The number of likely N-dealkylation sites (N-methyl/N-ethyl adjacent to an activating group) is 1. The highest BCUT2D eigenvalue weighted by atomic mass is 16.6. The second kappa shape index (κ2) is 8.75. The lowest BCUT2D eigenvalue weighted by atomic mass is 9.86. The van der Waals surface area contributed by atoms with Crippen LogP contribution >= 0.6 is 0 Å². The molecule has 1 fully saturated rings. The molecule has 26 heavy (non-hydrogen) atoms. The minimum atomic E-state index is -0.471. The molecule has 0 spiro atoms. The first kappa shape index (κ1) is 19.8. The van der Waals surface area contributed by atoms with Gasteiger partial charge in [0, 0.05) is 21.1 Å².